The van der Waals surface area contributed by atoms with E-state index in [2.05, 4.69) is 26.5 Å². The van der Waals surface area contributed by atoms with Gasteiger partial charge in [0.05, 0.1) is 12.7 Å². The van der Waals surface area contributed by atoms with Gasteiger partial charge in [-0.2, -0.15) is 13.2 Å². The molecular weight excluding hydrogens is 487 g/mol. The third-order valence-electron chi connectivity index (χ3n) is 5.77. The summed E-state index contributed by atoms with van der Waals surface area (Å²) in [5.41, 5.74) is 2.06. The molecule has 0 aliphatic heterocycles. The molecule has 0 amide bonds. The van der Waals surface area contributed by atoms with Gasteiger partial charge < -0.3 is 15.4 Å². The fraction of sp³-hybridized carbons (Fsp3) is 0.214. The zero-order chi connectivity index (χ0) is 26.3. The van der Waals surface area contributed by atoms with Gasteiger partial charge in [0.15, 0.2) is 11.6 Å². The van der Waals surface area contributed by atoms with Crippen LogP contribution < -0.4 is 20.7 Å². The summed E-state index contributed by atoms with van der Waals surface area (Å²) in [5.74, 6) is -0.519. The molecule has 0 aromatic heterocycles. The molecule has 0 saturated carbocycles. The highest BCUT2D eigenvalue weighted by Crippen LogP contribution is 2.33. The zero-order valence-electron chi connectivity index (χ0n) is 20.2. The molecule has 0 aliphatic rings. The van der Waals surface area contributed by atoms with Crippen LogP contribution in [0.25, 0.3) is 5.57 Å². The fourth-order valence-corrected chi connectivity index (χ4v) is 4.30. The normalized spacial score (nSPS) is 12.1. The number of ether oxygens (including phenoxy) is 1. The van der Waals surface area contributed by atoms with E-state index in [4.69, 9.17) is 4.74 Å². The number of rotatable bonds is 10. The summed E-state index contributed by atoms with van der Waals surface area (Å²) in [6.45, 7) is 6.27. The molecule has 0 bridgehead atoms. The summed E-state index contributed by atoms with van der Waals surface area (Å²) in [6.07, 6.45) is -3.77. The van der Waals surface area contributed by atoms with E-state index in [0.29, 0.717) is 23.1 Å². The van der Waals surface area contributed by atoms with Crippen molar-refractivity contribution in [3.8, 4) is 5.75 Å². The van der Waals surface area contributed by atoms with Gasteiger partial charge in [0, 0.05) is 35.6 Å². The predicted molar refractivity (Wildman–Crippen MR) is 140 cm³/mol. The summed E-state index contributed by atoms with van der Waals surface area (Å²) >= 11 is 0. The third-order valence-corrected chi connectivity index (χ3v) is 6.31. The first-order valence-electron chi connectivity index (χ1n) is 11.3. The number of halogens is 4. The lowest BCUT2D eigenvalue weighted by molar-refractivity contribution is -0.138. The van der Waals surface area contributed by atoms with Gasteiger partial charge in [-0.1, -0.05) is 61.2 Å². The lowest BCUT2D eigenvalue weighted by Crippen LogP contribution is -2.24. The van der Waals surface area contributed by atoms with Crippen LogP contribution in [0.2, 0.25) is 0 Å². The Balaban J connectivity index is 1.91. The minimum absolute atomic E-state index is 0.0598. The molecule has 0 fully saturated rings. The fourth-order valence-electron chi connectivity index (χ4n) is 3.93. The van der Waals surface area contributed by atoms with Gasteiger partial charge in [-0.25, -0.2) is 4.39 Å². The molecule has 0 aliphatic carbocycles. The van der Waals surface area contributed by atoms with Crippen molar-refractivity contribution in [3.05, 3.63) is 113 Å². The molecule has 8 heteroatoms. The number of allylic oxidation sites excluding steroid dienone is 2. The molecule has 0 spiro atoms. The summed E-state index contributed by atoms with van der Waals surface area (Å²) in [7, 11) is 3.71. The molecule has 1 unspecified atom stereocenters. The number of hydrogen-bond acceptors (Lipinski definition) is 3. The van der Waals surface area contributed by atoms with Crippen LogP contribution in [-0.4, -0.2) is 13.7 Å². The van der Waals surface area contributed by atoms with Gasteiger partial charge in [0.1, 0.15) is 0 Å². The Morgan fingerprint density at radius 3 is 2.33 bits per heavy atom. The summed E-state index contributed by atoms with van der Waals surface area (Å²) in [5, 5.41) is 6.72. The third kappa shape index (κ3) is 6.67. The quantitative estimate of drug-likeness (QED) is 0.191. The van der Waals surface area contributed by atoms with Crippen molar-refractivity contribution in [2.24, 2.45) is 0 Å². The van der Waals surface area contributed by atoms with Crippen LogP contribution in [0.5, 0.6) is 5.75 Å². The molecule has 3 aromatic rings. The molecular formula is C28H29F4N2OP. The number of nitrogens with one attached hydrogen (secondary N) is 2. The van der Waals surface area contributed by atoms with Crippen molar-refractivity contribution in [3.63, 3.8) is 0 Å². The van der Waals surface area contributed by atoms with E-state index in [-0.39, 0.29) is 29.1 Å². The molecule has 36 heavy (non-hydrogen) atoms. The Hall–Kier alpha value is -3.31. The van der Waals surface area contributed by atoms with Crippen molar-refractivity contribution in [1.29, 1.82) is 0 Å². The van der Waals surface area contributed by atoms with Crippen LogP contribution in [0, 0.1) is 5.82 Å². The number of benzene rings is 3. The second kappa shape index (κ2) is 12.1. The molecule has 0 saturated heterocycles. The second-order valence-corrected chi connectivity index (χ2v) is 8.81. The van der Waals surface area contributed by atoms with E-state index < -0.39 is 17.6 Å². The van der Waals surface area contributed by atoms with Gasteiger partial charge in [0.2, 0.25) is 0 Å². The Morgan fingerprint density at radius 1 is 0.972 bits per heavy atom. The molecule has 0 heterocycles. The molecule has 3 rings (SSSR count). The maximum atomic E-state index is 15.3. The van der Waals surface area contributed by atoms with Crippen molar-refractivity contribution < 1.29 is 22.3 Å². The minimum Gasteiger partial charge on any atom is -0.494 e. The van der Waals surface area contributed by atoms with Crippen molar-refractivity contribution in [1.82, 2.24) is 10.6 Å². The standard InChI is InChI=1S/C28H29F4N2OP/c1-18(33-16-15-20-9-5-4-6-10-20)26(21-11-7-13-24(35-3)27(21)29)19(2)34-17-22-23(28(30,31)32)12-8-14-25(22)36/h4-14,33-34H,2,15-17,36H2,1,3H3/b26-18+. The molecule has 3 aromatic carbocycles. The van der Waals surface area contributed by atoms with Gasteiger partial charge in [0.25, 0.3) is 0 Å². The number of hydrogen-bond donors (Lipinski definition) is 2. The summed E-state index contributed by atoms with van der Waals surface area (Å²) in [4.78, 5) is 0. The smallest absolute Gasteiger partial charge is 0.416 e. The predicted octanol–water partition coefficient (Wildman–Crippen LogP) is 6.22. The van der Waals surface area contributed by atoms with Gasteiger partial charge in [-0.15, -0.1) is 9.24 Å². The molecule has 3 nitrogen and oxygen atoms in total. The largest absolute Gasteiger partial charge is 0.494 e. The van der Waals surface area contributed by atoms with E-state index in [1.54, 1.807) is 25.1 Å². The average molecular weight is 517 g/mol. The van der Waals surface area contributed by atoms with Gasteiger partial charge >= 0.3 is 6.18 Å². The highest BCUT2D eigenvalue weighted by atomic mass is 31.0. The summed E-state index contributed by atoms with van der Waals surface area (Å²) in [6, 6.07) is 18.6. The minimum atomic E-state index is -4.50. The van der Waals surface area contributed by atoms with Crippen LogP contribution >= 0.6 is 9.24 Å². The molecule has 0 radical (unpaired) electrons. The van der Waals surface area contributed by atoms with Crippen LogP contribution in [0.4, 0.5) is 17.6 Å². The summed E-state index contributed by atoms with van der Waals surface area (Å²) < 4.78 is 61.1. The zero-order valence-corrected chi connectivity index (χ0v) is 21.3. The lowest BCUT2D eigenvalue weighted by atomic mass is 9.99. The highest BCUT2D eigenvalue weighted by molar-refractivity contribution is 7.27. The maximum absolute atomic E-state index is 15.3. The van der Waals surface area contributed by atoms with Crippen LogP contribution in [0.15, 0.2) is 84.7 Å². The van der Waals surface area contributed by atoms with E-state index in [9.17, 15) is 13.2 Å². The highest BCUT2D eigenvalue weighted by Gasteiger charge is 2.33. The Kier molecular flexibility index (Phi) is 9.16. The van der Waals surface area contributed by atoms with Crippen molar-refractivity contribution in [2.75, 3.05) is 13.7 Å². The first-order valence-corrected chi connectivity index (χ1v) is 11.9. The van der Waals surface area contributed by atoms with Gasteiger partial charge in [-0.05, 0) is 41.9 Å². The van der Waals surface area contributed by atoms with Crippen LogP contribution in [0.1, 0.15) is 29.2 Å². The molecule has 190 valence electrons. The second-order valence-electron chi connectivity index (χ2n) is 8.19. The van der Waals surface area contributed by atoms with E-state index in [0.717, 1.165) is 18.1 Å². The van der Waals surface area contributed by atoms with E-state index in [1.807, 2.05) is 30.3 Å². The van der Waals surface area contributed by atoms with E-state index >= 15 is 4.39 Å². The average Bonchev–Trinajstić information content (AvgIpc) is 2.84. The SMILES string of the molecule is C=C(NCc1c(P)cccc1C(F)(F)F)/C(=C(/C)NCCc1ccccc1)c1cccc(OC)c1F. The van der Waals surface area contributed by atoms with Crippen molar-refractivity contribution >= 4 is 20.1 Å². The first-order chi connectivity index (χ1) is 17.1. The Bertz CT molecular complexity index is 1240. The Labute approximate surface area is 211 Å². The monoisotopic (exact) mass is 516 g/mol. The van der Waals surface area contributed by atoms with Crippen molar-refractivity contribution in [2.45, 2.75) is 26.1 Å². The van der Waals surface area contributed by atoms with E-state index in [1.165, 1.54) is 19.2 Å². The topological polar surface area (TPSA) is 33.3 Å². The maximum Gasteiger partial charge on any atom is 0.416 e. The lowest BCUT2D eigenvalue weighted by Gasteiger charge is -2.21. The van der Waals surface area contributed by atoms with Crippen LogP contribution in [-0.2, 0) is 19.1 Å². The first kappa shape index (κ1) is 27.3. The molecule has 1 atom stereocenters. The Morgan fingerprint density at radius 2 is 1.67 bits per heavy atom. The molecule has 2 N–H and O–H groups in total. The number of methoxy groups -OCH3 is 1. The van der Waals surface area contributed by atoms with Crippen LogP contribution in [0.3, 0.4) is 0 Å². The number of alkyl halides is 3. The van der Waals surface area contributed by atoms with Gasteiger partial charge in [-0.3, -0.25) is 0 Å².